The summed E-state index contributed by atoms with van der Waals surface area (Å²) in [6.07, 6.45) is 0. The molecule has 0 aliphatic rings. The van der Waals surface area contributed by atoms with Crippen molar-refractivity contribution in [3.05, 3.63) is 45.1 Å². The molecular weight excluding hydrogens is 194 g/mol. The number of nitrogens with zero attached hydrogens (tertiary/aromatic N) is 1. The van der Waals surface area contributed by atoms with Crippen LogP contribution in [0.4, 0.5) is 0 Å². The predicted octanol–water partition coefficient (Wildman–Crippen LogP) is -0.198. The molecule has 1 heterocycles. The minimum absolute atomic E-state index is 0.264. The number of aromatic nitrogens is 2. The van der Waals surface area contributed by atoms with Crippen molar-refractivity contribution < 1.29 is 0 Å². The zero-order chi connectivity index (χ0) is 11.4. The SMILES string of the molecule is CN.Cn1c(=O)[nH]c2ccccc2c1=O. The summed E-state index contributed by atoms with van der Waals surface area (Å²) in [6, 6.07) is 6.94. The Balaban J connectivity index is 0.000000531. The molecule has 0 fully saturated rings. The molecule has 0 amide bonds. The van der Waals surface area contributed by atoms with E-state index < -0.39 is 0 Å². The van der Waals surface area contributed by atoms with E-state index in [1.54, 1.807) is 24.3 Å². The molecule has 0 aliphatic heterocycles. The zero-order valence-corrected chi connectivity index (χ0v) is 8.65. The number of hydrogen-bond donors (Lipinski definition) is 2. The number of nitrogens with one attached hydrogen (secondary N) is 1. The van der Waals surface area contributed by atoms with E-state index in [1.807, 2.05) is 0 Å². The molecule has 2 rings (SSSR count). The fourth-order valence-corrected chi connectivity index (χ4v) is 1.25. The van der Waals surface area contributed by atoms with Gasteiger partial charge in [0.1, 0.15) is 0 Å². The highest BCUT2D eigenvalue weighted by atomic mass is 16.2. The van der Waals surface area contributed by atoms with Crippen LogP contribution in [0, 0.1) is 0 Å². The van der Waals surface area contributed by atoms with Crippen LogP contribution in [0.15, 0.2) is 33.9 Å². The van der Waals surface area contributed by atoms with Crippen LogP contribution in [0.5, 0.6) is 0 Å². The Morgan fingerprint density at radius 1 is 1.20 bits per heavy atom. The van der Waals surface area contributed by atoms with Crippen molar-refractivity contribution in [2.75, 3.05) is 7.05 Å². The number of benzene rings is 1. The van der Waals surface area contributed by atoms with Crippen LogP contribution >= 0.6 is 0 Å². The molecule has 0 bridgehead atoms. The van der Waals surface area contributed by atoms with Crippen LogP contribution in [-0.4, -0.2) is 16.6 Å². The van der Waals surface area contributed by atoms with E-state index in [0.717, 1.165) is 4.57 Å². The van der Waals surface area contributed by atoms with Crippen LogP contribution in [0.1, 0.15) is 0 Å². The topological polar surface area (TPSA) is 80.9 Å². The number of fused-ring (bicyclic) bond motifs is 1. The number of H-pyrrole nitrogens is 1. The van der Waals surface area contributed by atoms with E-state index in [0.29, 0.717) is 10.9 Å². The number of para-hydroxylation sites is 1. The minimum atomic E-state index is -0.385. The Kier molecular flexibility index (Phi) is 3.41. The van der Waals surface area contributed by atoms with E-state index in [2.05, 4.69) is 10.7 Å². The van der Waals surface area contributed by atoms with E-state index in [9.17, 15) is 9.59 Å². The second-order valence-electron chi connectivity index (χ2n) is 2.84. The zero-order valence-electron chi connectivity index (χ0n) is 8.65. The fourth-order valence-electron chi connectivity index (χ4n) is 1.25. The molecule has 0 unspecified atom stereocenters. The first-order valence-corrected chi connectivity index (χ1v) is 4.46. The average molecular weight is 207 g/mol. The molecule has 0 saturated carbocycles. The van der Waals surface area contributed by atoms with Crippen LogP contribution < -0.4 is 17.0 Å². The number of nitrogens with two attached hydrogens (primary N) is 1. The summed E-state index contributed by atoms with van der Waals surface area (Å²) in [5.41, 5.74) is 4.43. The minimum Gasteiger partial charge on any atom is -0.333 e. The maximum atomic E-state index is 11.5. The summed E-state index contributed by atoms with van der Waals surface area (Å²) >= 11 is 0. The van der Waals surface area contributed by atoms with Gasteiger partial charge < -0.3 is 10.7 Å². The molecule has 2 aromatic rings. The normalized spacial score (nSPS) is 9.53. The Morgan fingerprint density at radius 2 is 1.80 bits per heavy atom. The number of aromatic amines is 1. The summed E-state index contributed by atoms with van der Waals surface area (Å²) in [6.45, 7) is 0. The van der Waals surface area contributed by atoms with Gasteiger partial charge in [-0.1, -0.05) is 12.1 Å². The van der Waals surface area contributed by atoms with Crippen molar-refractivity contribution in [2.45, 2.75) is 0 Å². The van der Waals surface area contributed by atoms with Crippen molar-refractivity contribution in [3.63, 3.8) is 0 Å². The summed E-state index contributed by atoms with van der Waals surface area (Å²) in [4.78, 5) is 25.3. The summed E-state index contributed by atoms with van der Waals surface area (Å²) < 4.78 is 1.06. The van der Waals surface area contributed by atoms with Crippen LogP contribution in [0.3, 0.4) is 0 Å². The molecule has 5 heteroatoms. The van der Waals surface area contributed by atoms with Gasteiger partial charge in [0.2, 0.25) is 0 Å². The van der Waals surface area contributed by atoms with Gasteiger partial charge >= 0.3 is 5.69 Å². The summed E-state index contributed by atoms with van der Waals surface area (Å²) in [5, 5.41) is 0.532. The molecule has 0 radical (unpaired) electrons. The van der Waals surface area contributed by atoms with E-state index >= 15 is 0 Å². The van der Waals surface area contributed by atoms with Crippen LogP contribution in [0.2, 0.25) is 0 Å². The van der Waals surface area contributed by atoms with Gasteiger partial charge in [-0.2, -0.15) is 0 Å². The van der Waals surface area contributed by atoms with E-state index in [-0.39, 0.29) is 11.2 Å². The molecule has 5 nitrogen and oxygen atoms in total. The molecule has 0 spiro atoms. The lowest BCUT2D eigenvalue weighted by Crippen LogP contribution is -2.32. The lowest BCUT2D eigenvalue weighted by molar-refractivity contribution is 0.794. The Morgan fingerprint density at radius 3 is 2.47 bits per heavy atom. The number of hydrogen-bond acceptors (Lipinski definition) is 3. The van der Waals surface area contributed by atoms with Gasteiger partial charge in [-0.15, -0.1) is 0 Å². The van der Waals surface area contributed by atoms with Gasteiger partial charge in [0.25, 0.3) is 5.56 Å². The molecule has 15 heavy (non-hydrogen) atoms. The van der Waals surface area contributed by atoms with Crippen LogP contribution in [0.25, 0.3) is 10.9 Å². The third-order valence-electron chi connectivity index (χ3n) is 2.01. The standard InChI is InChI=1S/C9H8N2O2.CH5N/c1-11-8(12)6-4-2-3-5-7(6)10-9(11)13;1-2/h2-5H,1H3,(H,10,13);2H2,1H3. The molecule has 80 valence electrons. The third kappa shape index (κ3) is 1.97. The highest BCUT2D eigenvalue weighted by molar-refractivity contribution is 5.76. The van der Waals surface area contributed by atoms with Crippen molar-refractivity contribution in [3.8, 4) is 0 Å². The number of rotatable bonds is 0. The smallest absolute Gasteiger partial charge is 0.328 e. The third-order valence-corrected chi connectivity index (χ3v) is 2.01. The summed E-state index contributed by atoms with van der Waals surface area (Å²) in [5.74, 6) is 0. The largest absolute Gasteiger partial charge is 0.333 e. The average Bonchev–Trinajstić information content (AvgIpc) is 2.29. The second-order valence-corrected chi connectivity index (χ2v) is 2.84. The van der Waals surface area contributed by atoms with Gasteiger partial charge in [-0.25, -0.2) is 4.79 Å². The van der Waals surface area contributed by atoms with Gasteiger partial charge in [0, 0.05) is 7.05 Å². The fraction of sp³-hybridized carbons (Fsp3) is 0.200. The lowest BCUT2D eigenvalue weighted by Gasteiger charge is -1.98. The predicted molar refractivity (Wildman–Crippen MR) is 59.9 cm³/mol. The lowest BCUT2D eigenvalue weighted by atomic mass is 10.2. The molecule has 0 aliphatic carbocycles. The van der Waals surface area contributed by atoms with Crippen molar-refractivity contribution in [2.24, 2.45) is 12.8 Å². The molecular formula is C10H13N3O2. The Bertz CT molecular complexity index is 569. The van der Waals surface area contributed by atoms with Crippen LogP contribution in [-0.2, 0) is 7.05 Å². The molecule has 3 N–H and O–H groups in total. The monoisotopic (exact) mass is 207 g/mol. The van der Waals surface area contributed by atoms with Crippen molar-refractivity contribution >= 4 is 10.9 Å². The molecule has 1 aromatic carbocycles. The Hall–Kier alpha value is -1.88. The van der Waals surface area contributed by atoms with Gasteiger partial charge in [0.05, 0.1) is 10.9 Å². The second kappa shape index (κ2) is 4.56. The Labute approximate surface area is 86.2 Å². The highest BCUT2D eigenvalue weighted by Crippen LogP contribution is 2.01. The van der Waals surface area contributed by atoms with Gasteiger partial charge in [-0.05, 0) is 19.2 Å². The molecule has 0 atom stereocenters. The van der Waals surface area contributed by atoms with Gasteiger partial charge in [-0.3, -0.25) is 9.36 Å². The quantitative estimate of drug-likeness (QED) is 0.627. The first kappa shape index (κ1) is 11.2. The van der Waals surface area contributed by atoms with E-state index in [1.165, 1.54) is 14.1 Å². The van der Waals surface area contributed by atoms with Crippen molar-refractivity contribution in [1.82, 2.24) is 9.55 Å². The first-order valence-electron chi connectivity index (χ1n) is 4.46. The molecule has 1 aromatic heterocycles. The van der Waals surface area contributed by atoms with E-state index in [4.69, 9.17) is 0 Å². The highest BCUT2D eigenvalue weighted by Gasteiger charge is 2.01. The maximum absolute atomic E-state index is 11.5. The van der Waals surface area contributed by atoms with Crippen molar-refractivity contribution in [1.29, 1.82) is 0 Å². The molecule has 0 saturated heterocycles. The van der Waals surface area contributed by atoms with Gasteiger partial charge in [0.15, 0.2) is 0 Å². The summed E-state index contributed by atoms with van der Waals surface area (Å²) in [7, 11) is 2.95. The maximum Gasteiger partial charge on any atom is 0.328 e. The first-order chi connectivity index (χ1) is 7.20.